The van der Waals surface area contributed by atoms with Crippen molar-refractivity contribution in [3.63, 3.8) is 0 Å². The van der Waals surface area contributed by atoms with Crippen molar-refractivity contribution < 1.29 is 13.5 Å². The molecule has 0 amide bonds. The van der Waals surface area contributed by atoms with Gasteiger partial charge in [-0.05, 0) is 6.92 Å². The predicted octanol–water partition coefficient (Wildman–Crippen LogP) is 1.82. The van der Waals surface area contributed by atoms with Gasteiger partial charge in [-0.25, -0.2) is 8.78 Å². The molecule has 1 aromatic rings. The Morgan fingerprint density at radius 3 is 2.23 bits per heavy atom. The van der Waals surface area contributed by atoms with Crippen LogP contribution in [0, 0.1) is 11.6 Å². The first-order chi connectivity index (χ1) is 6.19. The number of rotatable bonds is 3. The number of nitrogens with two attached hydrogens (primary N) is 1. The van der Waals surface area contributed by atoms with Crippen LogP contribution >= 0.6 is 0 Å². The van der Waals surface area contributed by atoms with E-state index in [1.54, 1.807) is 6.92 Å². The molecule has 0 unspecified atom stereocenters. The highest BCUT2D eigenvalue weighted by Gasteiger charge is 2.09. The maximum Gasteiger partial charge on any atom is 0.134 e. The van der Waals surface area contributed by atoms with Crippen LogP contribution < -0.4 is 10.5 Å². The van der Waals surface area contributed by atoms with Crippen LogP contribution in [0.5, 0.6) is 5.75 Å². The Bertz CT molecular complexity index is 279. The van der Waals surface area contributed by atoms with Gasteiger partial charge in [0.1, 0.15) is 17.4 Å². The first-order valence-electron chi connectivity index (χ1n) is 3.99. The molecule has 0 aliphatic carbocycles. The van der Waals surface area contributed by atoms with Crippen LogP contribution in [-0.4, -0.2) is 6.61 Å². The first kappa shape index (κ1) is 9.92. The van der Waals surface area contributed by atoms with Gasteiger partial charge < -0.3 is 10.5 Å². The van der Waals surface area contributed by atoms with Gasteiger partial charge in [0.25, 0.3) is 0 Å². The largest absolute Gasteiger partial charge is 0.494 e. The third kappa shape index (κ3) is 2.15. The summed E-state index contributed by atoms with van der Waals surface area (Å²) in [4.78, 5) is 0. The maximum absolute atomic E-state index is 13.0. The van der Waals surface area contributed by atoms with Crippen molar-refractivity contribution in [2.75, 3.05) is 6.61 Å². The molecule has 0 bridgehead atoms. The summed E-state index contributed by atoms with van der Waals surface area (Å²) in [5, 5.41) is 0. The molecule has 0 fully saturated rings. The maximum atomic E-state index is 13.0. The number of ether oxygens (including phenoxy) is 1. The average molecular weight is 187 g/mol. The molecule has 0 aliphatic heterocycles. The molecule has 1 aromatic carbocycles. The Morgan fingerprint density at radius 2 is 1.85 bits per heavy atom. The van der Waals surface area contributed by atoms with Gasteiger partial charge in [-0.15, -0.1) is 0 Å². The summed E-state index contributed by atoms with van der Waals surface area (Å²) in [5.41, 5.74) is 5.05. The summed E-state index contributed by atoms with van der Waals surface area (Å²) in [7, 11) is 0. The summed E-state index contributed by atoms with van der Waals surface area (Å²) >= 11 is 0. The molecule has 4 heteroatoms. The summed E-state index contributed by atoms with van der Waals surface area (Å²) in [6, 6.07) is 2.27. The Morgan fingerprint density at radius 1 is 1.31 bits per heavy atom. The lowest BCUT2D eigenvalue weighted by atomic mass is 10.2. The second kappa shape index (κ2) is 4.18. The van der Waals surface area contributed by atoms with Gasteiger partial charge >= 0.3 is 0 Å². The van der Waals surface area contributed by atoms with E-state index in [0.717, 1.165) is 12.1 Å². The highest BCUT2D eigenvalue weighted by Crippen LogP contribution is 2.20. The quantitative estimate of drug-likeness (QED) is 0.783. The van der Waals surface area contributed by atoms with Gasteiger partial charge in [-0.2, -0.15) is 0 Å². The predicted molar refractivity (Wildman–Crippen MR) is 45.4 cm³/mol. The summed E-state index contributed by atoms with van der Waals surface area (Å²) in [5.74, 6) is -1.13. The van der Waals surface area contributed by atoms with Crippen LogP contribution in [0.2, 0.25) is 0 Å². The second-order valence-corrected chi connectivity index (χ2v) is 2.50. The number of hydrogen-bond donors (Lipinski definition) is 1. The van der Waals surface area contributed by atoms with Crippen LogP contribution in [0.1, 0.15) is 12.5 Å². The molecule has 0 saturated carbocycles. The van der Waals surface area contributed by atoms with E-state index in [4.69, 9.17) is 10.5 Å². The van der Waals surface area contributed by atoms with Crippen molar-refractivity contribution in [2.45, 2.75) is 13.5 Å². The smallest absolute Gasteiger partial charge is 0.134 e. The molecule has 0 heterocycles. The Labute approximate surface area is 75.3 Å². The molecule has 13 heavy (non-hydrogen) atoms. The minimum absolute atomic E-state index is 0.108. The molecule has 0 radical (unpaired) electrons. The van der Waals surface area contributed by atoms with Crippen LogP contribution in [0.15, 0.2) is 12.1 Å². The lowest BCUT2D eigenvalue weighted by molar-refractivity contribution is 0.335. The van der Waals surface area contributed by atoms with E-state index in [2.05, 4.69) is 0 Å². The molecule has 0 atom stereocenters. The van der Waals surface area contributed by atoms with Crippen molar-refractivity contribution in [1.82, 2.24) is 0 Å². The van der Waals surface area contributed by atoms with E-state index < -0.39 is 11.6 Å². The minimum Gasteiger partial charge on any atom is -0.494 e. The van der Waals surface area contributed by atoms with Gasteiger partial charge in [0.05, 0.1) is 6.61 Å². The fourth-order valence-electron chi connectivity index (χ4n) is 1.02. The average Bonchev–Trinajstić information content (AvgIpc) is 2.04. The minimum atomic E-state index is -0.661. The molecular weight excluding hydrogens is 176 g/mol. The number of hydrogen-bond acceptors (Lipinski definition) is 2. The molecule has 0 spiro atoms. The third-order valence-electron chi connectivity index (χ3n) is 1.63. The van der Waals surface area contributed by atoms with Gasteiger partial charge in [0, 0.05) is 24.2 Å². The monoisotopic (exact) mass is 187 g/mol. The van der Waals surface area contributed by atoms with E-state index >= 15 is 0 Å². The fraction of sp³-hybridized carbons (Fsp3) is 0.333. The van der Waals surface area contributed by atoms with Gasteiger partial charge in [0.2, 0.25) is 0 Å². The van der Waals surface area contributed by atoms with E-state index in [-0.39, 0.29) is 17.9 Å². The zero-order chi connectivity index (χ0) is 9.84. The van der Waals surface area contributed by atoms with E-state index in [0.29, 0.717) is 6.61 Å². The van der Waals surface area contributed by atoms with Gasteiger partial charge in [-0.1, -0.05) is 0 Å². The molecule has 0 aromatic heterocycles. The lowest BCUT2D eigenvalue weighted by Crippen LogP contribution is -2.04. The van der Waals surface area contributed by atoms with Crippen molar-refractivity contribution in [3.8, 4) is 5.75 Å². The summed E-state index contributed by atoms with van der Waals surface area (Å²) in [6.07, 6.45) is 0. The summed E-state index contributed by atoms with van der Waals surface area (Å²) in [6.45, 7) is 1.97. The topological polar surface area (TPSA) is 35.2 Å². The summed E-state index contributed by atoms with van der Waals surface area (Å²) < 4.78 is 31.0. The van der Waals surface area contributed by atoms with Gasteiger partial charge in [-0.3, -0.25) is 0 Å². The zero-order valence-corrected chi connectivity index (χ0v) is 7.31. The number of benzene rings is 1. The Kier molecular flexibility index (Phi) is 3.19. The molecule has 0 aliphatic rings. The molecule has 0 saturated heterocycles. The van der Waals surface area contributed by atoms with Crippen LogP contribution in [0.3, 0.4) is 0 Å². The van der Waals surface area contributed by atoms with E-state index in [1.165, 1.54) is 0 Å². The molecule has 2 N–H and O–H groups in total. The van der Waals surface area contributed by atoms with Crippen LogP contribution in [0.25, 0.3) is 0 Å². The molecule has 72 valence electrons. The van der Waals surface area contributed by atoms with Crippen molar-refractivity contribution in [3.05, 3.63) is 29.3 Å². The van der Waals surface area contributed by atoms with Crippen LogP contribution in [-0.2, 0) is 6.54 Å². The van der Waals surface area contributed by atoms with Crippen molar-refractivity contribution in [1.29, 1.82) is 0 Å². The second-order valence-electron chi connectivity index (χ2n) is 2.50. The normalized spacial score (nSPS) is 10.2. The van der Waals surface area contributed by atoms with E-state index in [9.17, 15) is 8.78 Å². The lowest BCUT2D eigenvalue weighted by Gasteiger charge is -2.06. The van der Waals surface area contributed by atoms with Crippen molar-refractivity contribution in [2.24, 2.45) is 5.73 Å². The zero-order valence-electron chi connectivity index (χ0n) is 7.31. The van der Waals surface area contributed by atoms with Gasteiger partial charge in [0.15, 0.2) is 0 Å². The molecule has 1 rings (SSSR count). The Hall–Kier alpha value is -1.16. The Balaban J connectivity index is 3.05. The van der Waals surface area contributed by atoms with Crippen LogP contribution in [0.4, 0.5) is 8.78 Å². The molecular formula is C9H11F2NO. The first-order valence-corrected chi connectivity index (χ1v) is 3.99. The standard InChI is InChI=1S/C9H11F2NO/c1-2-13-6-3-8(10)7(5-12)9(11)4-6/h3-4H,2,5,12H2,1H3. The third-order valence-corrected chi connectivity index (χ3v) is 1.63. The molecule has 2 nitrogen and oxygen atoms in total. The van der Waals surface area contributed by atoms with Crippen molar-refractivity contribution >= 4 is 0 Å². The number of halogens is 2. The highest BCUT2D eigenvalue weighted by atomic mass is 19.1. The fourth-order valence-corrected chi connectivity index (χ4v) is 1.02. The highest BCUT2D eigenvalue weighted by molar-refractivity contribution is 5.30. The van der Waals surface area contributed by atoms with E-state index in [1.807, 2.05) is 0 Å². The SMILES string of the molecule is CCOc1cc(F)c(CN)c(F)c1.